The minimum absolute atomic E-state index is 0.168. The minimum Gasteiger partial charge on any atom is -0.341 e. The molecule has 0 atom stereocenters. The lowest BCUT2D eigenvalue weighted by molar-refractivity contribution is -0.114. The maximum Gasteiger partial charge on any atom is 0.258 e. The van der Waals surface area contributed by atoms with E-state index in [0.717, 1.165) is 13.1 Å². The zero-order valence-electron chi connectivity index (χ0n) is 14.0. The van der Waals surface area contributed by atoms with Gasteiger partial charge in [0.25, 0.3) is 5.91 Å². The molecule has 0 aliphatic heterocycles. The molecule has 1 heterocycles. The fourth-order valence-electron chi connectivity index (χ4n) is 2.19. The molecule has 0 fully saturated rings. The maximum absolute atomic E-state index is 12.3. The molecule has 0 spiro atoms. The average Bonchev–Trinajstić information content (AvgIpc) is 2.56. The van der Waals surface area contributed by atoms with Crippen molar-refractivity contribution in [3.63, 3.8) is 0 Å². The highest BCUT2D eigenvalue weighted by Crippen LogP contribution is 2.16. The van der Waals surface area contributed by atoms with Gasteiger partial charge in [0.2, 0.25) is 11.9 Å². The van der Waals surface area contributed by atoms with E-state index < -0.39 is 0 Å². The molecule has 0 saturated carbocycles. The van der Waals surface area contributed by atoms with Gasteiger partial charge in [-0.3, -0.25) is 9.59 Å². The smallest absolute Gasteiger partial charge is 0.258 e. The van der Waals surface area contributed by atoms with E-state index in [4.69, 9.17) is 0 Å². The molecule has 7 heteroatoms. The number of hydrogen-bond acceptors (Lipinski definition) is 5. The van der Waals surface area contributed by atoms with Gasteiger partial charge in [-0.25, -0.2) is 9.97 Å². The van der Waals surface area contributed by atoms with E-state index >= 15 is 0 Å². The van der Waals surface area contributed by atoms with Crippen LogP contribution in [0.25, 0.3) is 0 Å². The maximum atomic E-state index is 12.3. The van der Waals surface area contributed by atoms with Crippen molar-refractivity contribution in [1.29, 1.82) is 0 Å². The van der Waals surface area contributed by atoms with Crippen LogP contribution in [-0.2, 0) is 4.79 Å². The van der Waals surface area contributed by atoms with Crippen LogP contribution in [0.3, 0.4) is 0 Å². The molecule has 7 nitrogen and oxygen atoms in total. The van der Waals surface area contributed by atoms with Crippen LogP contribution in [0.15, 0.2) is 36.7 Å². The number of aromatic nitrogens is 2. The van der Waals surface area contributed by atoms with Gasteiger partial charge in [0.15, 0.2) is 0 Å². The summed E-state index contributed by atoms with van der Waals surface area (Å²) in [6.45, 7) is 7.08. The molecule has 2 amide bonds. The van der Waals surface area contributed by atoms with Crippen LogP contribution in [0.5, 0.6) is 0 Å². The first-order valence-corrected chi connectivity index (χ1v) is 7.79. The first-order chi connectivity index (χ1) is 11.5. The van der Waals surface area contributed by atoms with Crippen LogP contribution in [0, 0.1) is 0 Å². The normalized spacial score (nSPS) is 10.1. The lowest BCUT2D eigenvalue weighted by atomic mass is 10.2. The highest BCUT2D eigenvalue weighted by Gasteiger charge is 2.10. The molecule has 1 aromatic heterocycles. The highest BCUT2D eigenvalue weighted by molar-refractivity contribution is 6.04. The molecule has 0 bridgehead atoms. The Balaban J connectivity index is 2.08. The molecule has 2 aromatic rings. The Morgan fingerprint density at radius 2 is 1.62 bits per heavy atom. The van der Waals surface area contributed by atoms with Gasteiger partial charge in [-0.05, 0) is 32.0 Å². The highest BCUT2D eigenvalue weighted by atomic mass is 16.2. The molecule has 1 aromatic carbocycles. The summed E-state index contributed by atoms with van der Waals surface area (Å²) in [4.78, 5) is 33.8. The summed E-state index contributed by atoms with van der Waals surface area (Å²) in [5.41, 5.74) is 1.57. The SMILES string of the molecule is CCN(CC)c1ncc(C(=O)Nc2cccc(NC(C)=O)c2)cn1. The predicted octanol–water partition coefficient (Wildman–Crippen LogP) is 2.53. The van der Waals surface area contributed by atoms with Crippen LogP contribution in [0.2, 0.25) is 0 Å². The minimum atomic E-state index is -0.305. The van der Waals surface area contributed by atoms with Gasteiger partial charge in [0, 0.05) is 43.8 Å². The number of nitrogens with one attached hydrogen (secondary N) is 2. The second-order valence-corrected chi connectivity index (χ2v) is 5.16. The fourth-order valence-corrected chi connectivity index (χ4v) is 2.19. The van der Waals surface area contributed by atoms with E-state index in [1.54, 1.807) is 24.3 Å². The van der Waals surface area contributed by atoms with Gasteiger partial charge in [-0.15, -0.1) is 0 Å². The summed E-state index contributed by atoms with van der Waals surface area (Å²) in [7, 11) is 0. The van der Waals surface area contributed by atoms with E-state index in [0.29, 0.717) is 22.9 Å². The molecule has 0 unspecified atom stereocenters. The number of carbonyl (C=O) groups is 2. The fraction of sp³-hybridized carbons (Fsp3) is 0.294. The topological polar surface area (TPSA) is 87.2 Å². The van der Waals surface area contributed by atoms with Crippen molar-refractivity contribution in [3.8, 4) is 0 Å². The van der Waals surface area contributed by atoms with Gasteiger partial charge in [0.05, 0.1) is 5.56 Å². The van der Waals surface area contributed by atoms with Gasteiger partial charge < -0.3 is 15.5 Å². The quantitative estimate of drug-likeness (QED) is 0.851. The number of carbonyl (C=O) groups excluding carboxylic acids is 2. The third-order valence-corrected chi connectivity index (χ3v) is 3.39. The number of amides is 2. The van der Waals surface area contributed by atoms with Crippen molar-refractivity contribution in [2.24, 2.45) is 0 Å². The standard InChI is InChI=1S/C17H21N5O2/c1-4-22(5-2)17-18-10-13(11-19-17)16(24)21-15-8-6-7-14(9-15)20-12(3)23/h6-11H,4-5H2,1-3H3,(H,20,23)(H,21,24). The Labute approximate surface area is 141 Å². The van der Waals surface area contributed by atoms with Crippen LogP contribution in [-0.4, -0.2) is 34.9 Å². The number of benzene rings is 1. The van der Waals surface area contributed by atoms with Crippen LogP contribution < -0.4 is 15.5 Å². The molecule has 2 N–H and O–H groups in total. The lowest BCUT2D eigenvalue weighted by Gasteiger charge is -2.18. The first kappa shape index (κ1) is 17.4. The summed E-state index contributed by atoms with van der Waals surface area (Å²) in [6, 6.07) is 6.93. The van der Waals surface area contributed by atoms with Crippen molar-refractivity contribution in [1.82, 2.24) is 9.97 Å². The van der Waals surface area contributed by atoms with Gasteiger partial charge in [0.1, 0.15) is 0 Å². The molecule has 24 heavy (non-hydrogen) atoms. The van der Waals surface area contributed by atoms with E-state index in [1.165, 1.54) is 19.3 Å². The summed E-state index contributed by atoms with van der Waals surface area (Å²) < 4.78 is 0. The monoisotopic (exact) mass is 327 g/mol. The molecule has 0 aliphatic rings. The van der Waals surface area contributed by atoms with Crippen molar-refractivity contribution in [2.45, 2.75) is 20.8 Å². The summed E-state index contributed by atoms with van der Waals surface area (Å²) in [5, 5.41) is 5.44. The number of hydrogen-bond donors (Lipinski definition) is 2. The van der Waals surface area contributed by atoms with Crippen molar-refractivity contribution in [3.05, 3.63) is 42.2 Å². The number of rotatable bonds is 6. The average molecular weight is 327 g/mol. The Morgan fingerprint density at radius 1 is 1.04 bits per heavy atom. The molecule has 0 aliphatic carbocycles. The van der Waals surface area contributed by atoms with Crippen molar-refractivity contribution >= 4 is 29.1 Å². The largest absolute Gasteiger partial charge is 0.341 e. The Bertz CT molecular complexity index is 711. The molecule has 0 saturated heterocycles. The summed E-state index contributed by atoms with van der Waals surface area (Å²) in [6.07, 6.45) is 3.02. The Kier molecular flexibility index (Phi) is 5.83. The summed E-state index contributed by atoms with van der Waals surface area (Å²) >= 11 is 0. The molecular formula is C17H21N5O2. The lowest BCUT2D eigenvalue weighted by Crippen LogP contribution is -2.24. The summed E-state index contributed by atoms with van der Waals surface area (Å²) in [5.74, 6) is 0.129. The Hall–Kier alpha value is -2.96. The molecule has 0 radical (unpaired) electrons. The van der Waals surface area contributed by atoms with Gasteiger partial charge in [-0.2, -0.15) is 0 Å². The van der Waals surface area contributed by atoms with Crippen LogP contribution in [0.4, 0.5) is 17.3 Å². The van der Waals surface area contributed by atoms with Gasteiger partial charge in [-0.1, -0.05) is 6.07 Å². The second-order valence-electron chi connectivity index (χ2n) is 5.16. The zero-order chi connectivity index (χ0) is 17.5. The predicted molar refractivity (Wildman–Crippen MR) is 94.3 cm³/mol. The molecular weight excluding hydrogens is 306 g/mol. The second kappa shape index (κ2) is 8.05. The van der Waals surface area contributed by atoms with E-state index in [2.05, 4.69) is 20.6 Å². The van der Waals surface area contributed by atoms with E-state index in [9.17, 15) is 9.59 Å². The Morgan fingerprint density at radius 3 is 2.17 bits per heavy atom. The molecule has 126 valence electrons. The third kappa shape index (κ3) is 4.52. The van der Waals surface area contributed by atoms with E-state index in [-0.39, 0.29) is 11.8 Å². The van der Waals surface area contributed by atoms with Gasteiger partial charge >= 0.3 is 0 Å². The number of nitrogens with zero attached hydrogens (tertiary/aromatic N) is 3. The van der Waals surface area contributed by atoms with Crippen molar-refractivity contribution < 1.29 is 9.59 Å². The number of anilines is 3. The van der Waals surface area contributed by atoms with Crippen LogP contribution in [0.1, 0.15) is 31.1 Å². The van der Waals surface area contributed by atoms with Crippen LogP contribution >= 0.6 is 0 Å². The first-order valence-electron chi connectivity index (χ1n) is 7.79. The van der Waals surface area contributed by atoms with E-state index in [1.807, 2.05) is 18.7 Å². The third-order valence-electron chi connectivity index (χ3n) is 3.39. The van der Waals surface area contributed by atoms with Crippen molar-refractivity contribution in [2.75, 3.05) is 28.6 Å². The molecule has 2 rings (SSSR count). The zero-order valence-corrected chi connectivity index (χ0v) is 14.0.